The van der Waals surface area contributed by atoms with E-state index in [4.69, 9.17) is 0 Å². The molecule has 0 radical (unpaired) electrons. The molecule has 2 aromatic rings. The molecule has 1 aromatic carbocycles. The van der Waals surface area contributed by atoms with Crippen LogP contribution in [-0.2, 0) is 0 Å². The van der Waals surface area contributed by atoms with Crippen LogP contribution in [-0.4, -0.2) is 42.0 Å². The van der Waals surface area contributed by atoms with Gasteiger partial charge in [0.2, 0.25) is 0 Å². The highest BCUT2D eigenvalue weighted by molar-refractivity contribution is 5.98. The van der Waals surface area contributed by atoms with E-state index in [2.05, 4.69) is 27.8 Å². The minimum atomic E-state index is 0.0951. The van der Waals surface area contributed by atoms with Gasteiger partial charge >= 0.3 is 0 Å². The summed E-state index contributed by atoms with van der Waals surface area (Å²) in [6, 6.07) is 13.9. The van der Waals surface area contributed by atoms with E-state index in [0.717, 1.165) is 51.1 Å². The molecule has 5 heteroatoms. The number of hydrogen-bond donors (Lipinski definition) is 2. The minimum Gasteiger partial charge on any atom is -0.385 e. The molecule has 1 aliphatic rings. The lowest BCUT2D eigenvalue weighted by atomic mass is 10.1. The van der Waals surface area contributed by atoms with Crippen LogP contribution in [0, 0.1) is 0 Å². The van der Waals surface area contributed by atoms with Gasteiger partial charge in [0.15, 0.2) is 0 Å². The number of piperidine rings is 1. The minimum absolute atomic E-state index is 0.0951. The molecule has 2 heterocycles. The Bertz CT molecular complexity index is 668. The van der Waals surface area contributed by atoms with Crippen LogP contribution in [0.2, 0.25) is 0 Å². The van der Waals surface area contributed by atoms with Crippen molar-refractivity contribution in [1.82, 2.24) is 9.88 Å². The highest BCUT2D eigenvalue weighted by Crippen LogP contribution is 2.18. The highest BCUT2D eigenvalue weighted by atomic mass is 16.2. The van der Waals surface area contributed by atoms with Gasteiger partial charge in [0, 0.05) is 38.1 Å². The first kappa shape index (κ1) is 17.3. The predicted octanol–water partition coefficient (Wildman–Crippen LogP) is 3.62. The van der Waals surface area contributed by atoms with E-state index in [0.29, 0.717) is 11.4 Å². The van der Waals surface area contributed by atoms with Crippen LogP contribution in [0.1, 0.15) is 36.0 Å². The van der Waals surface area contributed by atoms with Gasteiger partial charge in [-0.05, 0) is 49.9 Å². The number of benzene rings is 1. The molecule has 0 aliphatic carbocycles. The van der Waals surface area contributed by atoms with Crippen LogP contribution < -0.4 is 10.6 Å². The second kappa shape index (κ2) is 9.06. The molecular weight excluding hydrogens is 312 g/mol. The zero-order valence-electron chi connectivity index (χ0n) is 14.6. The first-order valence-corrected chi connectivity index (χ1v) is 9.12. The van der Waals surface area contributed by atoms with Crippen molar-refractivity contribution in [2.75, 3.05) is 36.8 Å². The third kappa shape index (κ3) is 4.95. The van der Waals surface area contributed by atoms with Gasteiger partial charge in [0.1, 0.15) is 5.82 Å². The Labute approximate surface area is 149 Å². The van der Waals surface area contributed by atoms with Crippen molar-refractivity contribution in [3.05, 3.63) is 54.2 Å². The Balaban J connectivity index is 1.49. The zero-order valence-corrected chi connectivity index (χ0v) is 14.6. The number of anilines is 2. The molecular formula is C20H26N4O. The summed E-state index contributed by atoms with van der Waals surface area (Å²) >= 11 is 0. The maximum atomic E-state index is 12.7. The fourth-order valence-electron chi connectivity index (χ4n) is 3.07. The SMILES string of the molecule is O=C(c1cccnc1NCCCNc1ccccc1)N1CCCCC1. The van der Waals surface area contributed by atoms with E-state index >= 15 is 0 Å². The number of pyridine rings is 1. The average molecular weight is 338 g/mol. The first-order valence-electron chi connectivity index (χ1n) is 9.12. The molecule has 0 bridgehead atoms. The summed E-state index contributed by atoms with van der Waals surface area (Å²) < 4.78 is 0. The van der Waals surface area contributed by atoms with E-state index < -0.39 is 0 Å². The van der Waals surface area contributed by atoms with E-state index in [1.807, 2.05) is 35.2 Å². The van der Waals surface area contributed by atoms with Gasteiger partial charge < -0.3 is 15.5 Å². The van der Waals surface area contributed by atoms with Crippen LogP contribution in [0.5, 0.6) is 0 Å². The molecule has 25 heavy (non-hydrogen) atoms. The van der Waals surface area contributed by atoms with E-state index in [1.54, 1.807) is 6.20 Å². The van der Waals surface area contributed by atoms with Crippen molar-refractivity contribution in [3.8, 4) is 0 Å². The van der Waals surface area contributed by atoms with Gasteiger partial charge in [-0.25, -0.2) is 4.98 Å². The lowest BCUT2D eigenvalue weighted by Crippen LogP contribution is -2.36. The van der Waals surface area contributed by atoms with Crippen LogP contribution in [0.25, 0.3) is 0 Å². The van der Waals surface area contributed by atoms with Gasteiger partial charge in [-0.3, -0.25) is 4.79 Å². The zero-order chi connectivity index (χ0) is 17.3. The largest absolute Gasteiger partial charge is 0.385 e. The Morgan fingerprint density at radius 2 is 1.72 bits per heavy atom. The average Bonchev–Trinajstić information content (AvgIpc) is 2.69. The number of carbonyl (C=O) groups excluding carboxylic acids is 1. The normalized spacial score (nSPS) is 14.2. The molecule has 1 fully saturated rings. The number of rotatable bonds is 7. The summed E-state index contributed by atoms with van der Waals surface area (Å²) in [6.07, 6.45) is 6.09. The van der Waals surface area contributed by atoms with Gasteiger partial charge in [-0.15, -0.1) is 0 Å². The Kier molecular flexibility index (Phi) is 6.26. The number of carbonyl (C=O) groups is 1. The maximum Gasteiger partial charge on any atom is 0.257 e. The Morgan fingerprint density at radius 3 is 2.52 bits per heavy atom. The molecule has 5 nitrogen and oxygen atoms in total. The van der Waals surface area contributed by atoms with Crippen molar-refractivity contribution in [1.29, 1.82) is 0 Å². The first-order chi connectivity index (χ1) is 12.3. The summed E-state index contributed by atoms with van der Waals surface area (Å²) in [6.45, 7) is 3.36. The molecule has 0 unspecified atom stereocenters. The molecule has 0 atom stereocenters. The Morgan fingerprint density at radius 1 is 0.960 bits per heavy atom. The standard InChI is InChI=1S/C20H26N4O/c25-20(24-15-5-2-6-16-24)18-11-7-12-22-19(18)23-14-8-13-21-17-9-3-1-4-10-17/h1,3-4,7,9-12,21H,2,5-6,8,13-16H2,(H,22,23). The van der Waals surface area contributed by atoms with Crippen molar-refractivity contribution < 1.29 is 4.79 Å². The second-order valence-electron chi connectivity index (χ2n) is 6.33. The number of amides is 1. The fourth-order valence-corrected chi connectivity index (χ4v) is 3.07. The summed E-state index contributed by atoms with van der Waals surface area (Å²) in [5.74, 6) is 0.787. The molecule has 1 aliphatic heterocycles. The third-order valence-corrected chi connectivity index (χ3v) is 4.43. The van der Waals surface area contributed by atoms with E-state index in [-0.39, 0.29) is 5.91 Å². The third-order valence-electron chi connectivity index (χ3n) is 4.43. The van der Waals surface area contributed by atoms with Crippen molar-refractivity contribution >= 4 is 17.4 Å². The van der Waals surface area contributed by atoms with Crippen molar-refractivity contribution in [2.45, 2.75) is 25.7 Å². The van der Waals surface area contributed by atoms with Crippen LogP contribution in [0.3, 0.4) is 0 Å². The molecule has 1 aromatic heterocycles. The van der Waals surface area contributed by atoms with Crippen molar-refractivity contribution in [2.24, 2.45) is 0 Å². The van der Waals surface area contributed by atoms with E-state index in [9.17, 15) is 4.79 Å². The predicted molar refractivity (Wildman–Crippen MR) is 102 cm³/mol. The number of para-hydroxylation sites is 1. The van der Waals surface area contributed by atoms with Gasteiger partial charge in [-0.1, -0.05) is 18.2 Å². The monoisotopic (exact) mass is 338 g/mol. The second-order valence-corrected chi connectivity index (χ2v) is 6.33. The summed E-state index contributed by atoms with van der Waals surface area (Å²) in [5.41, 5.74) is 1.81. The van der Waals surface area contributed by atoms with Crippen LogP contribution in [0.4, 0.5) is 11.5 Å². The molecule has 1 saturated heterocycles. The number of hydrogen-bond acceptors (Lipinski definition) is 4. The summed E-state index contributed by atoms with van der Waals surface area (Å²) in [5, 5.41) is 6.71. The van der Waals surface area contributed by atoms with E-state index in [1.165, 1.54) is 6.42 Å². The number of nitrogens with zero attached hydrogens (tertiary/aromatic N) is 2. The lowest BCUT2D eigenvalue weighted by Gasteiger charge is -2.27. The topological polar surface area (TPSA) is 57.3 Å². The fraction of sp³-hybridized carbons (Fsp3) is 0.400. The maximum absolute atomic E-state index is 12.7. The summed E-state index contributed by atoms with van der Waals surface area (Å²) in [7, 11) is 0. The van der Waals surface area contributed by atoms with Gasteiger partial charge in [0.05, 0.1) is 5.56 Å². The number of aromatic nitrogens is 1. The molecule has 0 spiro atoms. The molecule has 2 N–H and O–H groups in total. The lowest BCUT2D eigenvalue weighted by molar-refractivity contribution is 0.0725. The van der Waals surface area contributed by atoms with Crippen LogP contribution >= 0.6 is 0 Å². The molecule has 0 saturated carbocycles. The molecule has 132 valence electrons. The summed E-state index contributed by atoms with van der Waals surface area (Å²) in [4.78, 5) is 19.0. The number of likely N-dealkylation sites (tertiary alicyclic amines) is 1. The number of nitrogens with one attached hydrogen (secondary N) is 2. The smallest absolute Gasteiger partial charge is 0.257 e. The molecule has 3 rings (SSSR count). The Hall–Kier alpha value is -2.56. The highest BCUT2D eigenvalue weighted by Gasteiger charge is 2.20. The van der Waals surface area contributed by atoms with Crippen molar-refractivity contribution in [3.63, 3.8) is 0 Å². The molecule has 1 amide bonds. The van der Waals surface area contributed by atoms with Gasteiger partial charge in [-0.2, -0.15) is 0 Å². The van der Waals surface area contributed by atoms with Gasteiger partial charge in [0.25, 0.3) is 5.91 Å². The van der Waals surface area contributed by atoms with Crippen LogP contribution in [0.15, 0.2) is 48.7 Å². The quantitative estimate of drug-likeness (QED) is 0.757.